The van der Waals surface area contributed by atoms with Gasteiger partial charge in [-0.3, -0.25) is 4.79 Å². The third-order valence-electron chi connectivity index (χ3n) is 1.87. The fraction of sp³-hybridized carbons (Fsp3) is 0.222. The fourth-order valence-corrected chi connectivity index (χ4v) is 1.15. The van der Waals surface area contributed by atoms with E-state index in [9.17, 15) is 9.18 Å². The minimum atomic E-state index is -1.92. The molecular weight excluding hydrogens is 200 g/mol. The zero-order valence-corrected chi connectivity index (χ0v) is 8.20. The molecule has 0 fully saturated rings. The van der Waals surface area contributed by atoms with Gasteiger partial charge in [-0.05, 0) is 25.1 Å². The highest BCUT2D eigenvalue weighted by Crippen LogP contribution is 2.01. The molecule has 0 unspecified atom stereocenters. The first-order valence-electron chi connectivity index (χ1n) is 4.50. The van der Waals surface area contributed by atoms with Crippen molar-refractivity contribution in [2.24, 2.45) is 0 Å². The third kappa shape index (κ3) is 2.77. The van der Waals surface area contributed by atoms with Gasteiger partial charge in [0.1, 0.15) is 5.82 Å². The minimum Gasteiger partial charge on any atom is -0.423 e. The van der Waals surface area contributed by atoms with Crippen molar-refractivity contribution >= 4 is 18.5 Å². The van der Waals surface area contributed by atoms with E-state index >= 15 is 0 Å². The smallest absolute Gasteiger partial charge is 0.423 e. The van der Waals surface area contributed by atoms with Crippen molar-refractivity contribution in [3.05, 3.63) is 29.6 Å². The lowest BCUT2D eigenvalue weighted by molar-refractivity contribution is 0.0956. The minimum absolute atomic E-state index is 0.196. The summed E-state index contributed by atoms with van der Waals surface area (Å²) >= 11 is 0. The lowest BCUT2D eigenvalue weighted by atomic mass is 9.79. The van der Waals surface area contributed by atoms with Gasteiger partial charge in [-0.15, -0.1) is 0 Å². The molecule has 15 heavy (non-hydrogen) atoms. The SMILES string of the molecule is CCNC(=O)c1ccc(F)c(B(O)O)c1. The molecule has 0 aliphatic rings. The van der Waals surface area contributed by atoms with E-state index < -0.39 is 12.9 Å². The predicted molar refractivity (Wildman–Crippen MR) is 54.2 cm³/mol. The van der Waals surface area contributed by atoms with Gasteiger partial charge in [0.15, 0.2) is 0 Å². The summed E-state index contributed by atoms with van der Waals surface area (Å²) in [7, 11) is -1.92. The van der Waals surface area contributed by atoms with Crippen molar-refractivity contribution in [1.82, 2.24) is 5.32 Å². The first kappa shape index (κ1) is 11.7. The molecule has 80 valence electrons. The van der Waals surface area contributed by atoms with E-state index in [0.717, 1.165) is 12.1 Å². The number of nitrogens with one attached hydrogen (secondary N) is 1. The number of carbonyl (C=O) groups excluding carboxylic acids is 1. The highest BCUT2D eigenvalue weighted by atomic mass is 19.1. The van der Waals surface area contributed by atoms with Crippen LogP contribution >= 0.6 is 0 Å². The maximum atomic E-state index is 13.0. The molecule has 0 aliphatic heterocycles. The summed E-state index contributed by atoms with van der Waals surface area (Å²) in [6.07, 6.45) is 0. The van der Waals surface area contributed by atoms with E-state index in [1.165, 1.54) is 6.07 Å². The molecule has 0 aliphatic carbocycles. The van der Waals surface area contributed by atoms with Gasteiger partial charge in [-0.1, -0.05) is 0 Å². The molecule has 3 N–H and O–H groups in total. The summed E-state index contributed by atoms with van der Waals surface area (Å²) < 4.78 is 13.0. The second kappa shape index (κ2) is 4.90. The van der Waals surface area contributed by atoms with Crippen LogP contribution in [0.15, 0.2) is 18.2 Å². The Balaban J connectivity index is 3.02. The van der Waals surface area contributed by atoms with Crippen LogP contribution in [0.2, 0.25) is 0 Å². The molecule has 0 bridgehead atoms. The van der Waals surface area contributed by atoms with Crippen molar-refractivity contribution < 1.29 is 19.2 Å². The molecule has 0 radical (unpaired) electrons. The molecule has 0 heterocycles. The van der Waals surface area contributed by atoms with E-state index in [-0.39, 0.29) is 16.9 Å². The van der Waals surface area contributed by atoms with Gasteiger partial charge in [0.25, 0.3) is 5.91 Å². The topological polar surface area (TPSA) is 69.6 Å². The van der Waals surface area contributed by atoms with Crippen molar-refractivity contribution in [3.63, 3.8) is 0 Å². The Kier molecular flexibility index (Phi) is 3.82. The maximum Gasteiger partial charge on any atom is 0.491 e. The zero-order chi connectivity index (χ0) is 11.4. The zero-order valence-electron chi connectivity index (χ0n) is 8.20. The summed E-state index contributed by atoms with van der Waals surface area (Å²) in [4.78, 5) is 11.3. The third-order valence-corrected chi connectivity index (χ3v) is 1.87. The van der Waals surface area contributed by atoms with E-state index in [1.54, 1.807) is 6.92 Å². The van der Waals surface area contributed by atoms with Crippen molar-refractivity contribution in [3.8, 4) is 0 Å². The number of benzene rings is 1. The molecule has 1 rings (SSSR count). The van der Waals surface area contributed by atoms with Gasteiger partial charge in [-0.25, -0.2) is 4.39 Å². The average molecular weight is 211 g/mol. The van der Waals surface area contributed by atoms with Crippen LogP contribution in [0.4, 0.5) is 4.39 Å². The van der Waals surface area contributed by atoms with Gasteiger partial charge in [0, 0.05) is 17.6 Å². The summed E-state index contributed by atoms with van der Waals surface area (Å²) in [5, 5.41) is 20.2. The van der Waals surface area contributed by atoms with E-state index in [2.05, 4.69) is 5.32 Å². The number of amides is 1. The van der Waals surface area contributed by atoms with Gasteiger partial charge in [0.05, 0.1) is 0 Å². The number of rotatable bonds is 3. The molecule has 1 aromatic carbocycles. The van der Waals surface area contributed by atoms with Crippen LogP contribution in [-0.2, 0) is 0 Å². The van der Waals surface area contributed by atoms with E-state index in [0.29, 0.717) is 6.54 Å². The number of halogens is 1. The van der Waals surface area contributed by atoms with Crippen molar-refractivity contribution in [1.29, 1.82) is 0 Å². The number of hydrogen-bond acceptors (Lipinski definition) is 3. The molecular formula is C9H11BFNO3. The standard InChI is InChI=1S/C9H11BFNO3/c1-2-12-9(13)6-3-4-8(11)7(5-6)10(14)15/h3-5,14-15H,2H2,1H3,(H,12,13). The number of carbonyl (C=O) groups is 1. The van der Waals surface area contributed by atoms with Crippen LogP contribution in [0.25, 0.3) is 0 Å². The quantitative estimate of drug-likeness (QED) is 0.576. The second-order valence-corrected chi connectivity index (χ2v) is 2.97. The highest BCUT2D eigenvalue weighted by Gasteiger charge is 2.18. The van der Waals surface area contributed by atoms with Crippen LogP contribution in [0.1, 0.15) is 17.3 Å². The van der Waals surface area contributed by atoms with Crippen LogP contribution in [0, 0.1) is 5.82 Å². The van der Waals surface area contributed by atoms with Crippen LogP contribution < -0.4 is 10.8 Å². The Morgan fingerprint density at radius 1 is 1.53 bits per heavy atom. The Morgan fingerprint density at radius 3 is 2.73 bits per heavy atom. The Bertz CT molecular complexity index is 370. The summed E-state index contributed by atoms with van der Waals surface area (Å²) in [6, 6.07) is 3.43. The summed E-state index contributed by atoms with van der Waals surface area (Å²) in [6.45, 7) is 2.20. The molecule has 6 heteroatoms. The largest absolute Gasteiger partial charge is 0.491 e. The van der Waals surface area contributed by atoms with Gasteiger partial charge in [0.2, 0.25) is 0 Å². The van der Waals surface area contributed by atoms with E-state index in [4.69, 9.17) is 10.0 Å². The predicted octanol–water partition coefficient (Wildman–Crippen LogP) is -0.745. The Morgan fingerprint density at radius 2 is 2.20 bits per heavy atom. The first-order chi connectivity index (χ1) is 7.06. The van der Waals surface area contributed by atoms with Crippen LogP contribution in [0.5, 0.6) is 0 Å². The Hall–Kier alpha value is -1.40. The van der Waals surface area contributed by atoms with Gasteiger partial charge in [-0.2, -0.15) is 0 Å². The average Bonchev–Trinajstić information content (AvgIpc) is 2.18. The Labute approximate surface area is 86.9 Å². The lowest BCUT2D eigenvalue weighted by Gasteiger charge is -2.05. The van der Waals surface area contributed by atoms with Crippen LogP contribution in [0.3, 0.4) is 0 Å². The van der Waals surface area contributed by atoms with Gasteiger partial charge < -0.3 is 15.4 Å². The normalized spacial score (nSPS) is 9.87. The summed E-state index contributed by atoms with van der Waals surface area (Å²) in [5.41, 5.74) is -0.111. The molecule has 0 saturated heterocycles. The molecule has 4 nitrogen and oxygen atoms in total. The van der Waals surface area contributed by atoms with Crippen molar-refractivity contribution in [2.45, 2.75) is 6.92 Å². The molecule has 1 aromatic rings. The maximum absolute atomic E-state index is 13.0. The molecule has 0 spiro atoms. The second-order valence-electron chi connectivity index (χ2n) is 2.97. The summed E-state index contributed by atoms with van der Waals surface area (Å²) in [5.74, 6) is -1.13. The van der Waals surface area contributed by atoms with E-state index in [1.807, 2.05) is 0 Å². The molecule has 0 aromatic heterocycles. The fourth-order valence-electron chi connectivity index (χ4n) is 1.15. The molecule has 0 atom stereocenters. The van der Waals surface area contributed by atoms with Crippen LogP contribution in [-0.4, -0.2) is 29.6 Å². The highest BCUT2D eigenvalue weighted by molar-refractivity contribution is 6.58. The van der Waals surface area contributed by atoms with Gasteiger partial charge >= 0.3 is 7.12 Å². The van der Waals surface area contributed by atoms with Crippen molar-refractivity contribution in [2.75, 3.05) is 6.54 Å². The first-order valence-corrected chi connectivity index (χ1v) is 4.50. The lowest BCUT2D eigenvalue weighted by Crippen LogP contribution is -2.34. The molecule has 0 saturated carbocycles. The number of hydrogen-bond donors (Lipinski definition) is 3. The monoisotopic (exact) mass is 211 g/mol. The molecule has 1 amide bonds.